The average molecular weight is 615 g/mol. The minimum absolute atomic E-state index is 0.169. The molecule has 224 valence electrons. The molecule has 0 amide bonds. The number of hydrogen-bond donors (Lipinski definition) is 3. The number of benzene rings is 1. The van der Waals surface area contributed by atoms with Crippen molar-refractivity contribution in [2.24, 2.45) is 0 Å². The van der Waals surface area contributed by atoms with Crippen LogP contribution in [0.15, 0.2) is 36.7 Å². The van der Waals surface area contributed by atoms with Gasteiger partial charge in [-0.05, 0) is 39.8 Å². The van der Waals surface area contributed by atoms with Gasteiger partial charge in [-0.1, -0.05) is 18.2 Å². The van der Waals surface area contributed by atoms with Crippen molar-refractivity contribution in [1.82, 2.24) is 24.6 Å². The Labute approximate surface area is 241 Å². The molecule has 0 radical (unpaired) electrons. The largest absolute Gasteiger partial charge is 0.462 e. The Morgan fingerprint density at radius 1 is 1.29 bits per heavy atom. The normalized spacial score (nSPS) is 24.8. The lowest BCUT2D eigenvalue weighted by Gasteiger charge is -2.31. The van der Waals surface area contributed by atoms with Gasteiger partial charge in [-0.15, -0.1) is 11.6 Å². The Morgan fingerprint density at radius 3 is 2.63 bits per heavy atom. The first-order valence-corrected chi connectivity index (χ1v) is 14.9. The van der Waals surface area contributed by atoms with E-state index >= 15 is 4.39 Å². The molecule has 4 rings (SSSR count). The number of halogens is 2. The van der Waals surface area contributed by atoms with Gasteiger partial charge in [-0.25, -0.2) is 23.9 Å². The highest BCUT2D eigenvalue weighted by molar-refractivity contribution is 7.52. The Morgan fingerprint density at radius 2 is 2.00 bits per heavy atom. The molecule has 41 heavy (non-hydrogen) atoms. The molecule has 2 aromatic heterocycles. The lowest BCUT2D eigenvalue weighted by atomic mass is 9.99. The van der Waals surface area contributed by atoms with Crippen LogP contribution in [-0.2, 0) is 23.4 Å². The van der Waals surface area contributed by atoms with E-state index in [1.54, 1.807) is 46.0 Å². The Kier molecular flexibility index (Phi) is 9.52. The van der Waals surface area contributed by atoms with Crippen LogP contribution in [0.5, 0.6) is 5.75 Å². The predicted molar refractivity (Wildman–Crippen MR) is 149 cm³/mol. The summed E-state index contributed by atoms with van der Waals surface area (Å²) < 4.78 is 53.4. The number of fused-ring (bicyclic) bond motifs is 1. The molecule has 0 bridgehead atoms. The lowest BCUT2D eigenvalue weighted by Crippen LogP contribution is -2.48. The summed E-state index contributed by atoms with van der Waals surface area (Å²) in [6, 6.07) is 6.99. The second-order valence-electron chi connectivity index (χ2n) is 9.80. The maximum Gasteiger partial charge on any atom is 0.459 e. The molecule has 0 saturated carbocycles. The van der Waals surface area contributed by atoms with Crippen molar-refractivity contribution < 1.29 is 37.4 Å². The third kappa shape index (κ3) is 6.63. The number of imidazole rings is 1. The van der Waals surface area contributed by atoms with Gasteiger partial charge in [-0.2, -0.15) is 5.09 Å². The highest BCUT2D eigenvalue weighted by Crippen LogP contribution is 2.49. The van der Waals surface area contributed by atoms with E-state index in [0.29, 0.717) is 17.2 Å². The first-order chi connectivity index (χ1) is 19.4. The van der Waals surface area contributed by atoms with Crippen molar-refractivity contribution >= 4 is 42.3 Å². The predicted octanol–water partition coefficient (Wildman–Crippen LogP) is 3.52. The third-order valence-corrected chi connectivity index (χ3v) is 8.32. The molecule has 3 aromatic rings. The van der Waals surface area contributed by atoms with E-state index in [1.165, 1.54) is 30.0 Å². The molecule has 3 N–H and O–H groups in total. The maximum absolute atomic E-state index is 15.7. The molecule has 1 saturated heterocycles. The standard InChI is InChI=1S/C25H33ClFN6O7P/c1-14(2)38-24(35)15(3)32-41(36,40-17-9-7-6-8-10-17)37-12-25(11-26)20(34)18(27)23(39-25)33-13-29-19-21(28-5)30-16(4)31-22(19)33/h6-10,13-15,18,20,23,34H,11-12H2,1-5H3,(H,32,36)(H,28,30,31)/t15-,18-,20-,23+,25+,41-/m0/s1. The Hall–Kier alpha value is -2.87. The van der Waals surface area contributed by atoms with Gasteiger partial charge in [0.05, 0.1) is 24.9 Å². The number of alkyl halides is 2. The number of anilines is 1. The molecule has 16 heteroatoms. The number of ether oxygens (including phenoxy) is 2. The summed E-state index contributed by atoms with van der Waals surface area (Å²) in [6.07, 6.45) is -4.30. The van der Waals surface area contributed by atoms with Gasteiger partial charge in [-0.3, -0.25) is 13.9 Å². The zero-order valence-electron chi connectivity index (χ0n) is 23.2. The minimum Gasteiger partial charge on any atom is -0.462 e. The number of hydrogen-bond acceptors (Lipinski definition) is 11. The van der Waals surface area contributed by atoms with Crippen molar-refractivity contribution in [2.75, 3.05) is 24.9 Å². The quantitative estimate of drug-likeness (QED) is 0.155. The molecule has 3 heterocycles. The van der Waals surface area contributed by atoms with Crippen LogP contribution in [-0.4, -0.2) is 80.2 Å². The van der Waals surface area contributed by atoms with Crippen LogP contribution in [0.2, 0.25) is 0 Å². The zero-order chi connectivity index (χ0) is 29.9. The van der Waals surface area contributed by atoms with E-state index in [-0.39, 0.29) is 11.4 Å². The van der Waals surface area contributed by atoms with Gasteiger partial charge in [0.1, 0.15) is 29.3 Å². The number of carbonyl (C=O) groups is 1. The van der Waals surface area contributed by atoms with Gasteiger partial charge < -0.3 is 24.4 Å². The number of esters is 1. The molecule has 1 aromatic carbocycles. The highest BCUT2D eigenvalue weighted by atomic mass is 35.5. The number of aromatic nitrogens is 4. The highest BCUT2D eigenvalue weighted by Gasteiger charge is 2.57. The van der Waals surface area contributed by atoms with Crippen LogP contribution in [0, 0.1) is 6.92 Å². The van der Waals surface area contributed by atoms with Crippen molar-refractivity contribution in [3.05, 3.63) is 42.5 Å². The summed E-state index contributed by atoms with van der Waals surface area (Å²) in [5.41, 5.74) is -1.23. The van der Waals surface area contributed by atoms with Crippen LogP contribution >= 0.6 is 19.3 Å². The smallest absolute Gasteiger partial charge is 0.459 e. The zero-order valence-corrected chi connectivity index (χ0v) is 24.8. The van der Waals surface area contributed by atoms with Gasteiger partial charge in [0, 0.05) is 7.05 Å². The van der Waals surface area contributed by atoms with Gasteiger partial charge in [0.2, 0.25) is 0 Å². The number of carbonyl (C=O) groups excluding carboxylic acids is 1. The summed E-state index contributed by atoms with van der Waals surface area (Å²) in [4.78, 5) is 25.3. The Bertz CT molecular complexity index is 1420. The van der Waals surface area contributed by atoms with Crippen LogP contribution in [0.3, 0.4) is 0 Å². The minimum atomic E-state index is -4.36. The molecule has 13 nitrogen and oxygen atoms in total. The second-order valence-corrected chi connectivity index (χ2v) is 11.8. The van der Waals surface area contributed by atoms with Crippen molar-refractivity contribution in [3.8, 4) is 5.75 Å². The van der Waals surface area contributed by atoms with Crippen LogP contribution in [0.25, 0.3) is 11.2 Å². The van der Waals surface area contributed by atoms with E-state index in [9.17, 15) is 14.5 Å². The lowest BCUT2D eigenvalue weighted by molar-refractivity contribution is -0.149. The van der Waals surface area contributed by atoms with Gasteiger partial charge in [0.25, 0.3) is 0 Å². The van der Waals surface area contributed by atoms with Gasteiger partial charge in [0.15, 0.2) is 29.4 Å². The van der Waals surface area contributed by atoms with Crippen LogP contribution in [0.4, 0.5) is 10.2 Å². The molecule has 0 aliphatic carbocycles. The van der Waals surface area contributed by atoms with Crippen LogP contribution in [0.1, 0.15) is 32.8 Å². The monoisotopic (exact) mass is 614 g/mol. The summed E-state index contributed by atoms with van der Waals surface area (Å²) >= 11 is 6.23. The number of rotatable bonds is 12. The fourth-order valence-electron chi connectivity index (χ4n) is 4.21. The van der Waals surface area contributed by atoms with Crippen LogP contribution < -0.4 is 14.9 Å². The molecule has 1 fully saturated rings. The van der Waals surface area contributed by atoms with Crippen molar-refractivity contribution in [1.29, 1.82) is 0 Å². The fourth-order valence-corrected chi connectivity index (χ4v) is 6.06. The van der Waals surface area contributed by atoms with E-state index in [4.69, 9.17) is 30.1 Å². The molecule has 0 unspecified atom stereocenters. The second kappa shape index (κ2) is 12.6. The molecule has 1 aliphatic heterocycles. The first-order valence-electron chi connectivity index (χ1n) is 12.8. The fraction of sp³-hybridized carbons (Fsp3) is 0.520. The number of aliphatic hydroxyl groups excluding tert-OH is 1. The number of nitrogens with zero attached hydrogens (tertiary/aromatic N) is 4. The molecule has 1 aliphatic rings. The number of aliphatic hydroxyl groups is 1. The Balaban J connectivity index is 1.61. The van der Waals surface area contributed by atoms with E-state index in [2.05, 4.69) is 25.4 Å². The molecular formula is C25H33ClFN6O7P. The average Bonchev–Trinajstić information content (AvgIpc) is 3.46. The van der Waals surface area contributed by atoms with E-state index < -0.39 is 62.5 Å². The number of para-hydroxylation sites is 1. The van der Waals surface area contributed by atoms with Crippen molar-refractivity contribution in [2.45, 2.75) is 63.9 Å². The third-order valence-electron chi connectivity index (χ3n) is 6.24. The van der Waals surface area contributed by atoms with E-state index in [1.807, 2.05) is 0 Å². The summed E-state index contributed by atoms with van der Waals surface area (Å²) in [5.74, 6) is -0.132. The molecule has 6 atom stereocenters. The summed E-state index contributed by atoms with van der Waals surface area (Å²) in [5, 5.41) is 16.5. The topological polar surface area (TPSA) is 159 Å². The number of aryl methyl sites for hydroxylation is 1. The van der Waals surface area contributed by atoms with Crippen molar-refractivity contribution in [3.63, 3.8) is 0 Å². The molecular weight excluding hydrogens is 582 g/mol. The first kappa shape index (κ1) is 31.1. The number of nitrogens with one attached hydrogen (secondary N) is 2. The summed E-state index contributed by atoms with van der Waals surface area (Å²) in [7, 11) is -2.69. The summed E-state index contributed by atoms with van der Waals surface area (Å²) in [6.45, 7) is 5.77. The van der Waals surface area contributed by atoms with E-state index in [0.717, 1.165) is 0 Å². The SMILES string of the molecule is CNc1nc(C)nc2c1ncn2[C@@H]1O[C@](CCl)(CO[P@@](=O)(N[C@@H](C)C(=O)OC(C)C)Oc2ccccc2)[C@@H](O)[C@@H]1F. The maximum atomic E-state index is 15.7. The molecule has 0 spiro atoms. The van der Waals surface area contributed by atoms with Gasteiger partial charge >= 0.3 is 13.7 Å².